The number of hydrogen-bond donors (Lipinski definition) is 1. The van der Waals surface area contributed by atoms with Crippen LogP contribution in [0, 0.1) is 0 Å². The topological polar surface area (TPSA) is 43.8 Å². The van der Waals surface area contributed by atoms with E-state index in [-0.39, 0.29) is 11.0 Å². The first kappa shape index (κ1) is 10.8. The summed E-state index contributed by atoms with van der Waals surface area (Å²) < 4.78 is 2.10. The Morgan fingerprint density at radius 1 is 1.41 bits per heavy atom. The zero-order chi connectivity index (χ0) is 12.3. The number of fused-ring (bicyclic) bond motifs is 1. The molecule has 1 saturated carbocycles. The van der Waals surface area contributed by atoms with Crippen LogP contribution in [0.3, 0.4) is 0 Å². The molecule has 0 radical (unpaired) electrons. The van der Waals surface area contributed by atoms with Crippen molar-refractivity contribution in [2.45, 2.75) is 37.6 Å². The minimum atomic E-state index is -0.0306. The number of pyridine rings is 1. The van der Waals surface area contributed by atoms with Gasteiger partial charge in [-0.25, -0.2) is 4.98 Å². The Kier molecular flexibility index (Phi) is 1.97. The molecule has 2 heterocycles. The van der Waals surface area contributed by atoms with Crippen LogP contribution in [0.15, 0.2) is 24.5 Å². The highest BCUT2D eigenvalue weighted by Crippen LogP contribution is 2.50. The summed E-state index contributed by atoms with van der Waals surface area (Å²) in [6, 6.07) is 4.14. The molecule has 2 aromatic heterocycles. The van der Waals surface area contributed by atoms with Crippen molar-refractivity contribution in [3.05, 3.63) is 30.1 Å². The van der Waals surface area contributed by atoms with E-state index < -0.39 is 0 Å². The van der Waals surface area contributed by atoms with Crippen molar-refractivity contribution in [1.29, 1.82) is 0 Å². The molecule has 0 bridgehead atoms. The Morgan fingerprint density at radius 2 is 2.12 bits per heavy atom. The van der Waals surface area contributed by atoms with Crippen molar-refractivity contribution in [1.82, 2.24) is 9.55 Å². The maximum absolute atomic E-state index is 6.43. The summed E-state index contributed by atoms with van der Waals surface area (Å²) in [7, 11) is 2.05. The number of nitrogens with zero attached hydrogens (tertiary/aromatic N) is 2. The van der Waals surface area contributed by atoms with Crippen molar-refractivity contribution in [2.75, 3.05) is 0 Å². The second-order valence-corrected chi connectivity index (χ2v) is 5.81. The van der Waals surface area contributed by atoms with Gasteiger partial charge in [-0.3, -0.25) is 0 Å². The standard InChI is InChI=1S/C14H19N3/c1-13(2,14(15)6-7-14)11-9-17(3)12-10(11)5-4-8-16-12/h4-5,8-9H,6-7,15H2,1-3H3. The van der Waals surface area contributed by atoms with Crippen molar-refractivity contribution >= 4 is 11.0 Å². The summed E-state index contributed by atoms with van der Waals surface area (Å²) in [6.07, 6.45) is 6.27. The Bertz CT molecular complexity index is 576. The SMILES string of the molecule is Cn1cc(C(C)(C)C2(N)CC2)c2cccnc21. The van der Waals surface area contributed by atoms with Gasteiger partial charge in [0.25, 0.3) is 0 Å². The molecular weight excluding hydrogens is 210 g/mol. The first-order valence-corrected chi connectivity index (χ1v) is 6.15. The minimum absolute atomic E-state index is 0.00947. The summed E-state index contributed by atoms with van der Waals surface area (Å²) in [6.45, 7) is 4.50. The van der Waals surface area contributed by atoms with Gasteiger partial charge in [0, 0.05) is 35.8 Å². The fourth-order valence-corrected chi connectivity index (χ4v) is 2.74. The number of hydrogen-bond acceptors (Lipinski definition) is 2. The van der Waals surface area contributed by atoms with E-state index in [0.29, 0.717) is 0 Å². The summed E-state index contributed by atoms with van der Waals surface area (Å²) in [5, 5.41) is 1.23. The molecule has 0 atom stereocenters. The predicted molar refractivity (Wildman–Crippen MR) is 69.9 cm³/mol. The summed E-state index contributed by atoms with van der Waals surface area (Å²) in [4.78, 5) is 4.44. The molecule has 0 saturated heterocycles. The number of aromatic nitrogens is 2. The fraction of sp³-hybridized carbons (Fsp3) is 0.500. The lowest BCUT2D eigenvalue weighted by molar-refractivity contribution is 0.393. The molecule has 2 aromatic rings. The van der Waals surface area contributed by atoms with E-state index in [1.165, 1.54) is 10.9 Å². The zero-order valence-corrected chi connectivity index (χ0v) is 10.7. The third-order valence-electron chi connectivity index (χ3n) is 4.44. The van der Waals surface area contributed by atoms with Crippen molar-refractivity contribution in [2.24, 2.45) is 12.8 Å². The van der Waals surface area contributed by atoms with E-state index in [1.807, 2.05) is 19.3 Å². The second-order valence-electron chi connectivity index (χ2n) is 5.81. The van der Waals surface area contributed by atoms with Crippen molar-refractivity contribution in [3.8, 4) is 0 Å². The molecular formula is C14H19N3. The first-order chi connectivity index (χ1) is 7.96. The summed E-state index contributed by atoms with van der Waals surface area (Å²) in [5.41, 5.74) is 8.77. The molecule has 2 N–H and O–H groups in total. The lowest BCUT2D eigenvalue weighted by Crippen LogP contribution is -2.43. The normalized spacial score (nSPS) is 18.6. The number of aryl methyl sites for hydroxylation is 1. The quantitative estimate of drug-likeness (QED) is 0.859. The highest BCUT2D eigenvalue weighted by molar-refractivity contribution is 5.82. The van der Waals surface area contributed by atoms with E-state index in [0.717, 1.165) is 18.5 Å². The Morgan fingerprint density at radius 3 is 2.76 bits per heavy atom. The average Bonchev–Trinajstić information content (AvgIpc) is 2.97. The van der Waals surface area contributed by atoms with E-state index in [1.54, 1.807) is 0 Å². The highest BCUT2D eigenvalue weighted by atomic mass is 15.0. The van der Waals surface area contributed by atoms with E-state index in [9.17, 15) is 0 Å². The fourth-order valence-electron chi connectivity index (χ4n) is 2.74. The maximum atomic E-state index is 6.43. The molecule has 3 heteroatoms. The zero-order valence-electron chi connectivity index (χ0n) is 10.7. The molecule has 1 aliphatic rings. The van der Waals surface area contributed by atoms with E-state index >= 15 is 0 Å². The van der Waals surface area contributed by atoms with Crippen LogP contribution < -0.4 is 5.73 Å². The van der Waals surface area contributed by atoms with Gasteiger partial charge in [-0.2, -0.15) is 0 Å². The van der Waals surface area contributed by atoms with E-state index in [2.05, 4.69) is 35.7 Å². The van der Waals surface area contributed by atoms with Crippen molar-refractivity contribution in [3.63, 3.8) is 0 Å². The number of rotatable bonds is 2. The Labute approximate surface area is 102 Å². The molecule has 0 amide bonds. The summed E-state index contributed by atoms with van der Waals surface area (Å²) >= 11 is 0. The average molecular weight is 229 g/mol. The van der Waals surface area contributed by atoms with Gasteiger partial charge >= 0.3 is 0 Å². The molecule has 1 aliphatic carbocycles. The smallest absolute Gasteiger partial charge is 0.139 e. The third-order valence-corrected chi connectivity index (χ3v) is 4.44. The van der Waals surface area contributed by atoms with Crippen LogP contribution in [0.5, 0.6) is 0 Å². The van der Waals surface area contributed by atoms with Crippen LogP contribution in [0.2, 0.25) is 0 Å². The number of nitrogens with two attached hydrogens (primary N) is 1. The highest BCUT2D eigenvalue weighted by Gasteiger charge is 2.52. The van der Waals surface area contributed by atoms with Gasteiger partial charge in [0.1, 0.15) is 5.65 Å². The van der Waals surface area contributed by atoms with E-state index in [4.69, 9.17) is 5.73 Å². The Hall–Kier alpha value is -1.35. The molecule has 0 unspecified atom stereocenters. The van der Waals surface area contributed by atoms with Crippen LogP contribution in [0.4, 0.5) is 0 Å². The Balaban J connectivity index is 2.24. The van der Waals surface area contributed by atoms with Crippen LogP contribution in [0.1, 0.15) is 32.3 Å². The van der Waals surface area contributed by atoms with Crippen LogP contribution >= 0.6 is 0 Å². The van der Waals surface area contributed by atoms with Gasteiger partial charge < -0.3 is 10.3 Å². The van der Waals surface area contributed by atoms with Crippen LogP contribution in [0.25, 0.3) is 11.0 Å². The molecule has 3 rings (SSSR count). The van der Waals surface area contributed by atoms with Gasteiger partial charge in [0.05, 0.1) is 0 Å². The monoisotopic (exact) mass is 229 g/mol. The lowest BCUT2D eigenvalue weighted by atomic mass is 9.76. The molecule has 0 aliphatic heterocycles. The van der Waals surface area contributed by atoms with Gasteiger partial charge in [0.2, 0.25) is 0 Å². The van der Waals surface area contributed by atoms with Gasteiger partial charge in [-0.1, -0.05) is 13.8 Å². The first-order valence-electron chi connectivity index (χ1n) is 6.15. The maximum Gasteiger partial charge on any atom is 0.139 e. The van der Waals surface area contributed by atoms with Crippen molar-refractivity contribution < 1.29 is 0 Å². The molecule has 0 aromatic carbocycles. The second kappa shape index (κ2) is 3.10. The molecule has 3 nitrogen and oxygen atoms in total. The summed E-state index contributed by atoms with van der Waals surface area (Å²) in [5.74, 6) is 0. The molecule has 1 fully saturated rings. The minimum Gasteiger partial charge on any atom is -0.335 e. The predicted octanol–water partition coefficient (Wildman–Crippen LogP) is 2.34. The van der Waals surface area contributed by atoms with Crippen LogP contribution in [-0.2, 0) is 12.5 Å². The molecule has 0 spiro atoms. The molecule has 17 heavy (non-hydrogen) atoms. The largest absolute Gasteiger partial charge is 0.335 e. The third kappa shape index (κ3) is 1.35. The lowest BCUT2D eigenvalue weighted by Gasteiger charge is -2.31. The van der Waals surface area contributed by atoms with Crippen LogP contribution in [-0.4, -0.2) is 15.1 Å². The van der Waals surface area contributed by atoms with Gasteiger partial charge in [0.15, 0.2) is 0 Å². The van der Waals surface area contributed by atoms with Gasteiger partial charge in [-0.15, -0.1) is 0 Å². The van der Waals surface area contributed by atoms with Gasteiger partial charge in [-0.05, 0) is 30.5 Å². The molecule has 90 valence electrons.